The van der Waals surface area contributed by atoms with Crippen LogP contribution in [0, 0.1) is 6.92 Å². The number of hydrogen-bond acceptors (Lipinski definition) is 3. The van der Waals surface area contributed by atoms with Crippen molar-refractivity contribution in [3.05, 3.63) is 18.2 Å². The lowest BCUT2D eigenvalue weighted by Crippen LogP contribution is -2.50. The Morgan fingerprint density at radius 3 is 2.89 bits per heavy atom. The lowest BCUT2D eigenvalue weighted by molar-refractivity contribution is 0.165. The minimum absolute atomic E-state index is 0.259. The number of aryl methyl sites for hydroxylation is 1. The van der Waals surface area contributed by atoms with Gasteiger partial charge in [-0.2, -0.15) is 0 Å². The Hall–Kier alpha value is -0.870. The van der Waals surface area contributed by atoms with Gasteiger partial charge in [0.15, 0.2) is 0 Å². The van der Waals surface area contributed by atoms with Crippen LogP contribution >= 0.6 is 0 Å². The summed E-state index contributed by atoms with van der Waals surface area (Å²) in [5.74, 6) is 1.11. The van der Waals surface area contributed by atoms with E-state index in [0.29, 0.717) is 6.04 Å². The molecule has 1 aromatic heterocycles. The fraction of sp³-hybridized carbons (Fsp3) is 0.800. The standard InChI is InChI=1S/C15H28N4/c1-5-15(4)12-19(13(2)6-7-17-15)11-10-18-9-8-16-14(18)3/h8-9,13,17H,5-7,10-12H2,1-4H3. The summed E-state index contributed by atoms with van der Waals surface area (Å²) in [6.45, 7) is 13.5. The number of imidazole rings is 1. The van der Waals surface area contributed by atoms with Crippen LogP contribution in [0.4, 0.5) is 0 Å². The van der Waals surface area contributed by atoms with Crippen molar-refractivity contribution in [1.82, 2.24) is 19.8 Å². The van der Waals surface area contributed by atoms with Gasteiger partial charge in [-0.3, -0.25) is 4.90 Å². The fourth-order valence-electron chi connectivity index (χ4n) is 2.84. The first-order chi connectivity index (χ1) is 9.04. The zero-order valence-corrected chi connectivity index (χ0v) is 12.8. The molecule has 108 valence electrons. The Balaban J connectivity index is 1.98. The summed E-state index contributed by atoms with van der Waals surface area (Å²) in [7, 11) is 0. The molecule has 1 aromatic rings. The van der Waals surface area contributed by atoms with Gasteiger partial charge in [0.25, 0.3) is 0 Å². The van der Waals surface area contributed by atoms with Gasteiger partial charge in [-0.25, -0.2) is 4.98 Å². The molecular formula is C15H28N4. The molecule has 0 spiro atoms. The fourth-order valence-corrected chi connectivity index (χ4v) is 2.84. The molecule has 4 nitrogen and oxygen atoms in total. The number of nitrogens with zero attached hydrogens (tertiary/aromatic N) is 3. The molecule has 1 aliphatic rings. The van der Waals surface area contributed by atoms with E-state index in [-0.39, 0.29) is 5.54 Å². The average Bonchev–Trinajstić information content (AvgIpc) is 2.73. The predicted molar refractivity (Wildman–Crippen MR) is 79.3 cm³/mol. The maximum absolute atomic E-state index is 4.29. The van der Waals surface area contributed by atoms with E-state index in [1.54, 1.807) is 0 Å². The van der Waals surface area contributed by atoms with Gasteiger partial charge in [-0.05, 0) is 40.2 Å². The molecule has 0 radical (unpaired) electrons. The van der Waals surface area contributed by atoms with Gasteiger partial charge < -0.3 is 9.88 Å². The maximum Gasteiger partial charge on any atom is 0.105 e. The van der Waals surface area contributed by atoms with Gasteiger partial charge >= 0.3 is 0 Å². The Kier molecular flexibility index (Phi) is 4.63. The SMILES string of the molecule is CCC1(C)CN(CCn2ccnc2C)C(C)CCN1. The van der Waals surface area contributed by atoms with Gasteiger partial charge in [0, 0.05) is 43.6 Å². The number of nitrogens with one attached hydrogen (secondary N) is 1. The van der Waals surface area contributed by atoms with E-state index < -0.39 is 0 Å². The Morgan fingerprint density at radius 1 is 1.47 bits per heavy atom. The second-order valence-electron chi connectivity index (χ2n) is 6.12. The minimum atomic E-state index is 0.259. The zero-order valence-electron chi connectivity index (χ0n) is 12.8. The quantitative estimate of drug-likeness (QED) is 0.903. The molecule has 0 amide bonds. The number of rotatable bonds is 4. The second-order valence-corrected chi connectivity index (χ2v) is 6.12. The second kappa shape index (κ2) is 6.06. The molecule has 0 aromatic carbocycles. The van der Waals surface area contributed by atoms with Crippen molar-refractivity contribution in [2.45, 2.75) is 58.7 Å². The normalized spacial score (nSPS) is 29.4. The van der Waals surface area contributed by atoms with Crippen molar-refractivity contribution in [1.29, 1.82) is 0 Å². The van der Waals surface area contributed by atoms with Crippen LogP contribution in [-0.4, -0.2) is 45.7 Å². The summed E-state index contributed by atoms with van der Waals surface area (Å²) in [5.41, 5.74) is 0.259. The summed E-state index contributed by atoms with van der Waals surface area (Å²) in [6.07, 6.45) is 6.38. The average molecular weight is 264 g/mol. The first kappa shape index (κ1) is 14.5. The third-order valence-electron chi connectivity index (χ3n) is 4.62. The van der Waals surface area contributed by atoms with Crippen LogP contribution < -0.4 is 5.32 Å². The van der Waals surface area contributed by atoms with Crippen molar-refractivity contribution < 1.29 is 0 Å². The van der Waals surface area contributed by atoms with Crippen LogP contribution in [0.2, 0.25) is 0 Å². The molecule has 0 bridgehead atoms. The largest absolute Gasteiger partial charge is 0.334 e. The van der Waals surface area contributed by atoms with Crippen LogP contribution in [0.5, 0.6) is 0 Å². The summed E-state index contributed by atoms with van der Waals surface area (Å²) >= 11 is 0. The predicted octanol–water partition coefficient (Wildman–Crippen LogP) is 2.04. The molecule has 1 saturated heterocycles. The van der Waals surface area contributed by atoms with Crippen molar-refractivity contribution in [3.8, 4) is 0 Å². The van der Waals surface area contributed by atoms with E-state index >= 15 is 0 Å². The first-order valence-corrected chi connectivity index (χ1v) is 7.51. The Morgan fingerprint density at radius 2 is 2.26 bits per heavy atom. The third-order valence-corrected chi connectivity index (χ3v) is 4.62. The zero-order chi connectivity index (χ0) is 13.9. The molecule has 0 saturated carbocycles. The summed E-state index contributed by atoms with van der Waals surface area (Å²) < 4.78 is 2.24. The van der Waals surface area contributed by atoms with Gasteiger partial charge in [0.05, 0.1) is 0 Å². The minimum Gasteiger partial charge on any atom is -0.334 e. The topological polar surface area (TPSA) is 33.1 Å². The third kappa shape index (κ3) is 3.57. The van der Waals surface area contributed by atoms with Crippen molar-refractivity contribution in [2.75, 3.05) is 19.6 Å². The van der Waals surface area contributed by atoms with Crippen molar-refractivity contribution >= 4 is 0 Å². The number of hydrogen-bond donors (Lipinski definition) is 1. The van der Waals surface area contributed by atoms with E-state index in [1.807, 2.05) is 6.20 Å². The summed E-state index contributed by atoms with van der Waals surface area (Å²) in [4.78, 5) is 6.92. The highest BCUT2D eigenvalue weighted by atomic mass is 15.2. The van der Waals surface area contributed by atoms with Gasteiger partial charge in [-0.15, -0.1) is 0 Å². The first-order valence-electron chi connectivity index (χ1n) is 7.51. The van der Waals surface area contributed by atoms with Crippen LogP contribution in [-0.2, 0) is 6.54 Å². The maximum atomic E-state index is 4.29. The molecule has 2 unspecified atom stereocenters. The van der Waals surface area contributed by atoms with Gasteiger partial charge in [0.1, 0.15) is 5.82 Å². The van der Waals surface area contributed by atoms with Crippen LogP contribution in [0.3, 0.4) is 0 Å². The van der Waals surface area contributed by atoms with Crippen molar-refractivity contribution in [3.63, 3.8) is 0 Å². The van der Waals surface area contributed by atoms with E-state index in [0.717, 1.165) is 32.0 Å². The highest BCUT2D eigenvalue weighted by Gasteiger charge is 2.29. The van der Waals surface area contributed by atoms with E-state index in [4.69, 9.17) is 0 Å². The molecule has 2 atom stereocenters. The molecule has 2 rings (SSSR count). The van der Waals surface area contributed by atoms with Crippen LogP contribution in [0.15, 0.2) is 12.4 Å². The molecule has 1 N–H and O–H groups in total. The van der Waals surface area contributed by atoms with Gasteiger partial charge in [0.2, 0.25) is 0 Å². The Bertz CT molecular complexity index is 401. The molecule has 2 heterocycles. The van der Waals surface area contributed by atoms with Crippen LogP contribution in [0.25, 0.3) is 0 Å². The molecule has 1 fully saturated rings. The highest BCUT2D eigenvalue weighted by Crippen LogP contribution is 2.18. The van der Waals surface area contributed by atoms with E-state index in [9.17, 15) is 0 Å². The Labute approximate surface area is 117 Å². The summed E-state index contributed by atoms with van der Waals surface area (Å²) in [6, 6.07) is 0.657. The summed E-state index contributed by atoms with van der Waals surface area (Å²) in [5, 5.41) is 3.71. The van der Waals surface area contributed by atoms with Crippen LogP contribution in [0.1, 0.15) is 39.4 Å². The monoisotopic (exact) mass is 264 g/mol. The molecule has 0 aliphatic carbocycles. The number of aromatic nitrogens is 2. The van der Waals surface area contributed by atoms with Gasteiger partial charge in [-0.1, -0.05) is 6.92 Å². The molecule has 4 heteroatoms. The van der Waals surface area contributed by atoms with E-state index in [1.165, 1.54) is 12.8 Å². The molecule has 1 aliphatic heterocycles. The lowest BCUT2D eigenvalue weighted by Gasteiger charge is -2.35. The molecule has 19 heavy (non-hydrogen) atoms. The molecular weight excluding hydrogens is 236 g/mol. The smallest absolute Gasteiger partial charge is 0.105 e. The lowest BCUT2D eigenvalue weighted by atomic mass is 9.98. The van der Waals surface area contributed by atoms with E-state index in [2.05, 4.69) is 53.7 Å². The van der Waals surface area contributed by atoms with Crippen molar-refractivity contribution in [2.24, 2.45) is 0 Å². The highest BCUT2D eigenvalue weighted by molar-refractivity contribution is 4.92.